The Hall–Kier alpha value is -1.45. The van der Waals surface area contributed by atoms with E-state index in [0.717, 1.165) is 48.4 Å². The second kappa shape index (κ2) is 9.43. The van der Waals surface area contributed by atoms with Crippen LogP contribution in [0, 0.1) is 5.82 Å². The van der Waals surface area contributed by atoms with E-state index in [1.54, 1.807) is 23.5 Å². The van der Waals surface area contributed by atoms with Crippen molar-refractivity contribution in [1.82, 2.24) is 14.6 Å². The number of benzene rings is 1. The number of fused-ring (bicyclic) bond motifs is 1. The van der Waals surface area contributed by atoms with Crippen LogP contribution >= 0.6 is 34.9 Å². The highest BCUT2D eigenvalue weighted by Gasteiger charge is 2.51. The Labute approximate surface area is 201 Å². The van der Waals surface area contributed by atoms with Gasteiger partial charge in [0.1, 0.15) is 5.82 Å². The molecule has 1 N–H and O–H groups in total. The molecule has 2 saturated carbocycles. The summed E-state index contributed by atoms with van der Waals surface area (Å²) < 4.78 is 21.7. The zero-order chi connectivity index (χ0) is 22.1. The number of rotatable bonds is 6. The van der Waals surface area contributed by atoms with Gasteiger partial charge in [-0.1, -0.05) is 29.6 Å². The van der Waals surface area contributed by atoms with Crippen LogP contribution in [-0.2, 0) is 4.74 Å². The lowest BCUT2D eigenvalue weighted by Gasteiger charge is -2.30. The molecule has 6 rings (SSSR count). The molecular weight excluding hydrogens is 467 g/mol. The number of ether oxygens (including phenoxy) is 1. The molecule has 1 aromatic carbocycles. The van der Waals surface area contributed by atoms with Crippen LogP contribution in [0.15, 0.2) is 52.1 Å². The highest BCUT2D eigenvalue weighted by Crippen LogP contribution is 2.49. The maximum Gasteiger partial charge on any atom is 0.165 e. The minimum Gasteiger partial charge on any atom is -0.374 e. The smallest absolute Gasteiger partial charge is 0.165 e. The van der Waals surface area contributed by atoms with Crippen LogP contribution in [0.5, 0.6) is 0 Å². The molecule has 5 nitrogen and oxygen atoms in total. The summed E-state index contributed by atoms with van der Waals surface area (Å²) in [5.41, 5.74) is 2.80. The second-order valence-corrected chi connectivity index (χ2v) is 11.0. The Bertz CT molecular complexity index is 1000. The molecule has 32 heavy (non-hydrogen) atoms. The normalized spacial score (nSPS) is 23.4. The van der Waals surface area contributed by atoms with E-state index in [1.165, 1.54) is 36.2 Å². The highest BCUT2D eigenvalue weighted by molar-refractivity contribution is 7.98. The summed E-state index contributed by atoms with van der Waals surface area (Å²) in [6.45, 7) is 1.74. The summed E-state index contributed by atoms with van der Waals surface area (Å²) in [4.78, 5) is 11.8. The van der Waals surface area contributed by atoms with Gasteiger partial charge in [-0.05, 0) is 43.9 Å². The van der Waals surface area contributed by atoms with E-state index < -0.39 is 0 Å². The Morgan fingerprint density at radius 1 is 1.34 bits per heavy atom. The number of nitrogens with one attached hydrogen (secondary N) is 1. The first-order valence-electron chi connectivity index (χ1n) is 10.9. The summed E-state index contributed by atoms with van der Waals surface area (Å²) in [6.07, 6.45) is 7.93. The molecule has 2 aromatic rings. The number of hydrogen-bond acceptors (Lipinski definition) is 7. The van der Waals surface area contributed by atoms with Crippen molar-refractivity contribution in [2.24, 2.45) is 4.99 Å². The summed E-state index contributed by atoms with van der Waals surface area (Å²) in [5.74, 6) is 0.758. The third-order valence-electron chi connectivity index (χ3n) is 6.14. The fourth-order valence-corrected chi connectivity index (χ4v) is 5.90. The van der Waals surface area contributed by atoms with Crippen LogP contribution in [0.1, 0.15) is 37.1 Å². The van der Waals surface area contributed by atoms with Crippen LogP contribution in [0.3, 0.4) is 0 Å². The number of nitrogens with zero attached hydrogens (tertiary/aromatic N) is 3. The van der Waals surface area contributed by atoms with Gasteiger partial charge in [0.2, 0.25) is 0 Å². The van der Waals surface area contributed by atoms with Gasteiger partial charge in [0.15, 0.2) is 10.8 Å². The standard InChI is InChI=1S/C17H22N4OS2.C6H4ClF/c1-22-17(4-5-17)13-9-19-15(16-18-6-7-23-16)21-10-11(8-14(13)21)20-24-12-2-3-12;7-5-2-1-3-6(8)4-5/h6-7,11-12,20H,2-5,8-10H2,1H3;1-4H. The zero-order valence-corrected chi connectivity index (χ0v) is 20.3. The van der Waals surface area contributed by atoms with E-state index >= 15 is 0 Å². The van der Waals surface area contributed by atoms with Crippen molar-refractivity contribution in [3.63, 3.8) is 0 Å². The zero-order valence-electron chi connectivity index (χ0n) is 17.9. The molecule has 0 radical (unpaired) electrons. The average Bonchev–Trinajstić information content (AvgIpc) is 3.68. The van der Waals surface area contributed by atoms with Crippen molar-refractivity contribution >= 4 is 40.7 Å². The molecule has 0 amide bonds. The molecule has 1 aromatic heterocycles. The molecule has 3 fully saturated rings. The summed E-state index contributed by atoms with van der Waals surface area (Å²) in [7, 11) is 1.85. The van der Waals surface area contributed by atoms with Crippen molar-refractivity contribution in [3.8, 4) is 0 Å². The number of aliphatic imine (C=N–C) groups is 1. The SMILES string of the molecule is COC1(C2=C3CC(NSC4CC4)CN3C(c3nccs3)=NC2)CC1.Fc1cccc(Cl)c1. The quantitative estimate of drug-likeness (QED) is 0.555. The summed E-state index contributed by atoms with van der Waals surface area (Å²) in [6, 6.07) is 6.30. The van der Waals surface area contributed by atoms with Crippen molar-refractivity contribution in [3.05, 3.63) is 63.0 Å². The molecule has 9 heteroatoms. The number of methoxy groups -OCH3 is 1. The van der Waals surface area contributed by atoms with Gasteiger partial charge in [-0.15, -0.1) is 11.3 Å². The fraction of sp³-hybridized carbons (Fsp3) is 0.478. The topological polar surface area (TPSA) is 49.8 Å². The van der Waals surface area contributed by atoms with Crippen LogP contribution in [-0.4, -0.2) is 52.8 Å². The van der Waals surface area contributed by atoms with E-state index in [-0.39, 0.29) is 11.4 Å². The third-order valence-corrected chi connectivity index (χ3v) is 8.42. The lowest BCUT2D eigenvalue weighted by molar-refractivity contribution is 0.107. The minimum absolute atomic E-state index is 0.0377. The Kier molecular flexibility index (Phi) is 6.58. The van der Waals surface area contributed by atoms with E-state index in [4.69, 9.17) is 21.3 Å². The van der Waals surface area contributed by atoms with Crippen LogP contribution < -0.4 is 4.72 Å². The van der Waals surface area contributed by atoms with Crippen LogP contribution in [0.25, 0.3) is 0 Å². The van der Waals surface area contributed by atoms with E-state index in [0.29, 0.717) is 11.1 Å². The van der Waals surface area contributed by atoms with Gasteiger partial charge in [-0.3, -0.25) is 9.71 Å². The van der Waals surface area contributed by atoms with E-state index in [9.17, 15) is 4.39 Å². The lowest BCUT2D eigenvalue weighted by Crippen LogP contribution is -2.37. The number of halogens is 2. The van der Waals surface area contributed by atoms with Gasteiger partial charge < -0.3 is 9.64 Å². The molecule has 1 saturated heterocycles. The van der Waals surface area contributed by atoms with E-state index in [2.05, 4.69) is 14.6 Å². The van der Waals surface area contributed by atoms with Crippen LogP contribution in [0.2, 0.25) is 5.02 Å². The van der Waals surface area contributed by atoms with Crippen molar-refractivity contribution in [1.29, 1.82) is 0 Å². The first kappa shape index (κ1) is 22.3. The fourth-order valence-electron chi connectivity index (χ4n) is 4.15. The summed E-state index contributed by atoms with van der Waals surface area (Å²) in [5, 5.41) is 4.33. The van der Waals surface area contributed by atoms with Crippen LogP contribution in [0.4, 0.5) is 4.39 Å². The first-order chi connectivity index (χ1) is 15.6. The molecule has 0 spiro atoms. The number of aromatic nitrogens is 1. The van der Waals surface area contributed by atoms with E-state index in [1.807, 2.05) is 30.6 Å². The third kappa shape index (κ3) is 4.89. The van der Waals surface area contributed by atoms with Gasteiger partial charge in [-0.25, -0.2) is 9.37 Å². The Morgan fingerprint density at radius 2 is 2.19 bits per heavy atom. The predicted octanol–water partition coefficient (Wildman–Crippen LogP) is 5.29. The van der Waals surface area contributed by atoms with Crippen molar-refractivity contribution < 1.29 is 9.13 Å². The van der Waals surface area contributed by atoms with Crippen molar-refractivity contribution in [2.75, 3.05) is 20.2 Å². The number of hydrogen-bond donors (Lipinski definition) is 1. The summed E-state index contributed by atoms with van der Waals surface area (Å²) >= 11 is 9.01. The first-order valence-corrected chi connectivity index (χ1v) is 13.0. The molecular formula is C23H26ClFN4OS2. The molecule has 2 aliphatic heterocycles. The Morgan fingerprint density at radius 3 is 2.78 bits per heavy atom. The van der Waals surface area contributed by atoms with Gasteiger partial charge in [0, 0.05) is 59.2 Å². The molecule has 2 aliphatic carbocycles. The van der Waals surface area contributed by atoms with Gasteiger partial charge >= 0.3 is 0 Å². The maximum atomic E-state index is 12.1. The maximum absolute atomic E-state index is 12.1. The molecule has 3 heterocycles. The molecule has 4 aliphatic rings. The minimum atomic E-state index is -0.294. The lowest BCUT2D eigenvalue weighted by atomic mass is 10.0. The largest absolute Gasteiger partial charge is 0.374 e. The van der Waals surface area contributed by atoms with Crippen molar-refractivity contribution in [2.45, 2.75) is 49.0 Å². The molecule has 170 valence electrons. The highest BCUT2D eigenvalue weighted by atomic mass is 35.5. The average molecular weight is 493 g/mol. The molecule has 1 unspecified atom stereocenters. The number of thiazole rings is 1. The predicted molar refractivity (Wildman–Crippen MR) is 130 cm³/mol. The van der Waals surface area contributed by atoms with Gasteiger partial charge in [0.25, 0.3) is 0 Å². The second-order valence-electron chi connectivity index (χ2n) is 8.49. The van der Waals surface area contributed by atoms with Gasteiger partial charge in [0.05, 0.1) is 12.1 Å². The Balaban J connectivity index is 0.000000230. The monoisotopic (exact) mass is 492 g/mol. The number of amidine groups is 1. The molecule has 1 atom stereocenters. The molecule has 0 bridgehead atoms. The van der Waals surface area contributed by atoms with Gasteiger partial charge in [-0.2, -0.15) is 0 Å².